The summed E-state index contributed by atoms with van der Waals surface area (Å²) in [6, 6.07) is 6.31. The molecular formula is C27H22F6. The van der Waals surface area contributed by atoms with Crippen LogP contribution in [0, 0.1) is 52.7 Å². The molecule has 0 radical (unpaired) electrons. The van der Waals surface area contributed by atoms with Crippen molar-refractivity contribution in [1.29, 1.82) is 0 Å². The molecular weight excluding hydrogens is 438 g/mol. The number of hydrogen-bond acceptors (Lipinski definition) is 0. The van der Waals surface area contributed by atoms with E-state index in [2.05, 4.69) is 18.8 Å². The molecule has 3 aromatic rings. The van der Waals surface area contributed by atoms with Gasteiger partial charge in [0, 0.05) is 16.5 Å². The lowest BCUT2D eigenvalue weighted by atomic mass is 9.76. The Bertz CT molecular complexity index is 1230. The van der Waals surface area contributed by atoms with Gasteiger partial charge in [0.05, 0.1) is 0 Å². The minimum atomic E-state index is -1.51. The zero-order chi connectivity index (χ0) is 23.7. The minimum Gasteiger partial charge on any atom is -0.204 e. The summed E-state index contributed by atoms with van der Waals surface area (Å²) in [4.78, 5) is 0. The monoisotopic (exact) mass is 460 g/mol. The largest absolute Gasteiger partial charge is 0.204 e. The Labute approximate surface area is 188 Å². The average molecular weight is 460 g/mol. The third kappa shape index (κ3) is 4.46. The number of benzene rings is 3. The molecule has 1 aliphatic carbocycles. The van der Waals surface area contributed by atoms with Crippen LogP contribution >= 0.6 is 0 Å². The summed E-state index contributed by atoms with van der Waals surface area (Å²) >= 11 is 0. The SMILES string of the molecule is CCCC1CCC(c2c(F)c(F)c(C#Cc3ccc4c(F)c(F)ccc4c3)c(F)c2F)CC1. The molecule has 3 aromatic carbocycles. The maximum absolute atomic E-state index is 14.8. The molecule has 4 rings (SSSR count). The first kappa shape index (κ1) is 23.2. The van der Waals surface area contributed by atoms with Crippen molar-refractivity contribution in [2.45, 2.75) is 51.4 Å². The molecule has 1 saturated carbocycles. The summed E-state index contributed by atoms with van der Waals surface area (Å²) in [5.41, 5.74) is -1.29. The Balaban J connectivity index is 1.66. The van der Waals surface area contributed by atoms with Crippen LogP contribution in [0.5, 0.6) is 0 Å². The topological polar surface area (TPSA) is 0 Å². The van der Waals surface area contributed by atoms with E-state index in [4.69, 9.17) is 0 Å². The fraction of sp³-hybridized carbons (Fsp3) is 0.333. The Morgan fingerprint density at radius 1 is 0.758 bits per heavy atom. The van der Waals surface area contributed by atoms with Crippen LogP contribution in [0.3, 0.4) is 0 Å². The first-order valence-corrected chi connectivity index (χ1v) is 11.1. The quantitative estimate of drug-likeness (QED) is 0.210. The molecule has 0 bridgehead atoms. The van der Waals surface area contributed by atoms with Crippen molar-refractivity contribution in [3.8, 4) is 11.8 Å². The van der Waals surface area contributed by atoms with Crippen molar-refractivity contribution in [2.24, 2.45) is 5.92 Å². The molecule has 0 amide bonds. The lowest BCUT2D eigenvalue weighted by molar-refractivity contribution is 0.295. The van der Waals surface area contributed by atoms with Crippen LogP contribution in [0.25, 0.3) is 10.8 Å². The molecule has 6 heteroatoms. The number of fused-ring (bicyclic) bond motifs is 1. The standard InChI is InChI=1S/C27H22F6/c1-2-3-15-4-8-17(9-5-15)22-26(32)24(30)20(25(31)27(22)33)12-7-16-6-11-19-18(14-16)10-13-21(28)23(19)29/h6,10-11,13-15,17H,2-5,8-9H2,1H3. The highest BCUT2D eigenvalue weighted by Crippen LogP contribution is 2.41. The van der Waals surface area contributed by atoms with Crippen molar-refractivity contribution >= 4 is 10.8 Å². The molecule has 0 spiro atoms. The van der Waals surface area contributed by atoms with Gasteiger partial charge in [-0.2, -0.15) is 0 Å². The highest BCUT2D eigenvalue weighted by molar-refractivity contribution is 5.84. The van der Waals surface area contributed by atoms with E-state index in [1.54, 1.807) is 0 Å². The van der Waals surface area contributed by atoms with Crippen LogP contribution in [0.15, 0.2) is 30.3 Å². The van der Waals surface area contributed by atoms with Crippen molar-refractivity contribution in [2.75, 3.05) is 0 Å². The number of rotatable bonds is 3. The second kappa shape index (κ2) is 9.51. The Kier molecular flexibility index (Phi) is 6.69. The van der Waals surface area contributed by atoms with Crippen molar-refractivity contribution < 1.29 is 26.3 Å². The fourth-order valence-corrected chi connectivity index (χ4v) is 4.74. The summed E-state index contributed by atoms with van der Waals surface area (Å²) in [5, 5.41) is 0.348. The molecule has 0 atom stereocenters. The Hall–Kier alpha value is -2.94. The maximum Gasteiger partial charge on any atom is 0.177 e. The van der Waals surface area contributed by atoms with Gasteiger partial charge in [-0.05, 0) is 61.1 Å². The molecule has 0 nitrogen and oxygen atoms in total. The van der Waals surface area contributed by atoms with Gasteiger partial charge < -0.3 is 0 Å². The van der Waals surface area contributed by atoms with Gasteiger partial charge in [-0.25, -0.2) is 26.3 Å². The van der Waals surface area contributed by atoms with Crippen molar-refractivity contribution in [3.63, 3.8) is 0 Å². The zero-order valence-electron chi connectivity index (χ0n) is 18.1. The highest BCUT2D eigenvalue weighted by atomic mass is 19.2. The van der Waals surface area contributed by atoms with E-state index in [1.807, 2.05) is 0 Å². The van der Waals surface area contributed by atoms with E-state index in [-0.39, 0.29) is 10.9 Å². The molecule has 33 heavy (non-hydrogen) atoms. The van der Waals surface area contributed by atoms with Gasteiger partial charge in [0.1, 0.15) is 5.56 Å². The summed E-state index contributed by atoms with van der Waals surface area (Å²) in [5.74, 6) is -3.30. The predicted molar refractivity (Wildman–Crippen MR) is 116 cm³/mol. The van der Waals surface area contributed by atoms with Gasteiger partial charge in [0.25, 0.3) is 0 Å². The van der Waals surface area contributed by atoms with Crippen molar-refractivity contribution in [1.82, 2.24) is 0 Å². The summed E-state index contributed by atoms with van der Waals surface area (Å²) < 4.78 is 86.3. The molecule has 1 fully saturated rings. The normalized spacial score (nSPS) is 18.3. The second-order valence-electron chi connectivity index (χ2n) is 8.60. The molecule has 0 aromatic heterocycles. The summed E-state index contributed by atoms with van der Waals surface area (Å²) in [6.07, 6.45) is 4.57. The Morgan fingerprint density at radius 3 is 2.06 bits per heavy atom. The number of halogens is 6. The Morgan fingerprint density at radius 2 is 1.42 bits per heavy atom. The first-order valence-electron chi connectivity index (χ1n) is 11.1. The third-order valence-electron chi connectivity index (χ3n) is 6.49. The van der Waals surface area contributed by atoms with Gasteiger partial charge in [0.15, 0.2) is 34.9 Å². The molecule has 0 heterocycles. The van der Waals surface area contributed by atoms with E-state index >= 15 is 0 Å². The van der Waals surface area contributed by atoms with Gasteiger partial charge >= 0.3 is 0 Å². The van der Waals surface area contributed by atoms with E-state index in [9.17, 15) is 26.3 Å². The number of hydrogen-bond donors (Lipinski definition) is 0. The van der Waals surface area contributed by atoms with Crippen LogP contribution in [0.4, 0.5) is 26.3 Å². The van der Waals surface area contributed by atoms with Crippen LogP contribution in [-0.4, -0.2) is 0 Å². The lowest BCUT2D eigenvalue weighted by Crippen LogP contribution is -2.17. The van der Waals surface area contributed by atoms with Crippen LogP contribution in [0.1, 0.15) is 68.1 Å². The molecule has 172 valence electrons. The van der Waals surface area contributed by atoms with Crippen LogP contribution in [-0.2, 0) is 0 Å². The van der Waals surface area contributed by atoms with Gasteiger partial charge in [0.2, 0.25) is 0 Å². The first-order chi connectivity index (χ1) is 15.8. The summed E-state index contributed by atoms with van der Waals surface area (Å²) in [7, 11) is 0. The lowest BCUT2D eigenvalue weighted by Gasteiger charge is -2.29. The smallest absolute Gasteiger partial charge is 0.177 e. The molecule has 0 unspecified atom stereocenters. The van der Waals surface area contributed by atoms with Gasteiger partial charge in [-0.15, -0.1) is 0 Å². The maximum atomic E-state index is 14.8. The van der Waals surface area contributed by atoms with E-state index < -0.39 is 51.9 Å². The van der Waals surface area contributed by atoms with Crippen LogP contribution in [0.2, 0.25) is 0 Å². The second-order valence-corrected chi connectivity index (χ2v) is 8.60. The molecule has 0 aliphatic heterocycles. The predicted octanol–water partition coefficient (Wildman–Crippen LogP) is 8.15. The molecule has 1 aliphatic rings. The van der Waals surface area contributed by atoms with E-state index in [1.165, 1.54) is 24.3 Å². The zero-order valence-corrected chi connectivity index (χ0v) is 18.1. The van der Waals surface area contributed by atoms with Crippen LogP contribution < -0.4 is 0 Å². The highest BCUT2D eigenvalue weighted by Gasteiger charge is 2.32. The van der Waals surface area contributed by atoms with E-state index in [0.29, 0.717) is 24.1 Å². The average Bonchev–Trinajstić information content (AvgIpc) is 2.81. The molecule has 0 saturated heterocycles. The minimum absolute atomic E-state index is 0.0213. The molecule has 0 N–H and O–H groups in total. The van der Waals surface area contributed by atoms with Gasteiger partial charge in [-0.3, -0.25) is 0 Å². The van der Waals surface area contributed by atoms with Gasteiger partial charge in [-0.1, -0.05) is 43.7 Å². The third-order valence-corrected chi connectivity index (χ3v) is 6.49. The summed E-state index contributed by atoms with van der Waals surface area (Å²) in [6.45, 7) is 2.08. The van der Waals surface area contributed by atoms with E-state index in [0.717, 1.165) is 31.7 Å². The fourth-order valence-electron chi connectivity index (χ4n) is 4.74. The van der Waals surface area contributed by atoms with Crippen molar-refractivity contribution in [3.05, 3.63) is 81.9 Å².